The van der Waals surface area contributed by atoms with Gasteiger partial charge in [-0.3, -0.25) is 14.5 Å². The van der Waals surface area contributed by atoms with E-state index in [2.05, 4.69) is 5.32 Å². The number of nitrogens with zero attached hydrogens (tertiary/aromatic N) is 1. The average Bonchev–Trinajstić information content (AvgIpc) is 2.77. The monoisotopic (exact) mass is 332 g/mol. The first-order chi connectivity index (χ1) is 11.5. The van der Waals surface area contributed by atoms with Crippen LogP contribution in [0.1, 0.15) is 55.3 Å². The van der Waals surface area contributed by atoms with E-state index >= 15 is 0 Å². The quantitative estimate of drug-likeness (QED) is 0.683. The van der Waals surface area contributed by atoms with Crippen LogP contribution in [0.4, 0.5) is 9.18 Å². The van der Waals surface area contributed by atoms with Crippen LogP contribution in [0.25, 0.3) is 0 Å². The Morgan fingerprint density at radius 2 is 1.62 bits per heavy atom. The molecule has 0 aromatic heterocycles. The lowest BCUT2D eigenvalue weighted by molar-refractivity contribution is -0.131. The minimum absolute atomic E-state index is 0.288. The van der Waals surface area contributed by atoms with Gasteiger partial charge >= 0.3 is 6.03 Å². The van der Waals surface area contributed by atoms with Crippen LogP contribution in [0.5, 0.6) is 0 Å². The first kappa shape index (κ1) is 16.6. The Hall–Kier alpha value is -2.24. The van der Waals surface area contributed by atoms with Crippen molar-refractivity contribution in [3.8, 4) is 0 Å². The van der Waals surface area contributed by atoms with Gasteiger partial charge in [-0.2, -0.15) is 0 Å². The molecule has 1 heterocycles. The number of hydrogen-bond acceptors (Lipinski definition) is 3. The summed E-state index contributed by atoms with van der Waals surface area (Å²) in [6.45, 7) is -0.307. The third-order valence-electron chi connectivity index (χ3n) is 4.92. The molecule has 0 unspecified atom stereocenters. The molecule has 2 aliphatic rings. The van der Waals surface area contributed by atoms with E-state index in [4.69, 9.17) is 0 Å². The maximum absolute atomic E-state index is 12.9. The number of benzene rings is 1. The van der Waals surface area contributed by atoms with Gasteiger partial charge in [-0.1, -0.05) is 32.1 Å². The summed E-state index contributed by atoms with van der Waals surface area (Å²) in [6, 6.07) is 4.60. The molecule has 1 N–H and O–H groups in total. The van der Waals surface area contributed by atoms with Crippen LogP contribution in [0.2, 0.25) is 0 Å². The summed E-state index contributed by atoms with van der Waals surface area (Å²) < 4.78 is 12.9. The van der Waals surface area contributed by atoms with Crippen molar-refractivity contribution in [1.29, 1.82) is 0 Å². The molecule has 1 aliphatic carbocycles. The molecule has 0 bridgehead atoms. The molecule has 1 saturated carbocycles. The lowest BCUT2D eigenvalue weighted by atomic mass is 9.84. The molecule has 128 valence electrons. The highest BCUT2D eigenvalue weighted by Crippen LogP contribution is 2.32. The first-order valence-corrected chi connectivity index (χ1v) is 8.45. The highest BCUT2D eigenvalue weighted by Gasteiger charge is 2.50. The van der Waals surface area contributed by atoms with Crippen LogP contribution in [-0.4, -0.2) is 34.7 Å². The highest BCUT2D eigenvalue weighted by atomic mass is 19.1. The van der Waals surface area contributed by atoms with Gasteiger partial charge in [-0.05, 0) is 37.1 Å². The molecule has 6 heteroatoms. The minimum Gasteiger partial charge on any atom is -0.323 e. The molecule has 1 spiro atoms. The number of imide groups is 1. The number of rotatable bonds is 3. The highest BCUT2D eigenvalue weighted by molar-refractivity contribution is 6.11. The summed E-state index contributed by atoms with van der Waals surface area (Å²) in [5.41, 5.74) is -0.559. The Bertz CT molecular complexity index is 649. The maximum Gasteiger partial charge on any atom is 0.325 e. The summed E-state index contributed by atoms with van der Waals surface area (Å²) in [4.78, 5) is 38.4. The Kier molecular flexibility index (Phi) is 4.64. The van der Waals surface area contributed by atoms with Crippen LogP contribution < -0.4 is 5.32 Å². The molecule has 1 aliphatic heterocycles. The number of hydrogen-bond donors (Lipinski definition) is 1. The zero-order valence-electron chi connectivity index (χ0n) is 13.5. The van der Waals surface area contributed by atoms with Crippen molar-refractivity contribution in [3.05, 3.63) is 35.6 Å². The fourth-order valence-electron chi connectivity index (χ4n) is 3.54. The molecule has 1 aromatic carbocycles. The lowest BCUT2D eigenvalue weighted by Crippen LogP contribution is -2.47. The second kappa shape index (κ2) is 6.71. The van der Waals surface area contributed by atoms with E-state index in [1.165, 1.54) is 24.3 Å². The maximum atomic E-state index is 12.9. The number of carbonyl (C=O) groups excluding carboxylic acids is 3. The van der Waals surface area contributed by atoms with Gasteiger partial charge in [-0.25, -0.2) is 9.18 Å². The van der Waals surface area contributed by atoms with E-state index in [0.29, 0.717) is 12.8 Å². The SMILES string of the molecule is O=C(CN1C(=O)NC2(CCCCCCC2)C1=O)c1ccc(F)cc1. The number of carbonyl (C=O) groups is 3. The Morgan fingerprint density at radius 3 is 2.25 bits per heavy atom. The molecular formula is C18H21FN2O3. The molecule has 0 atom stereocenters. The molecule has 3 amide bonds. The number of urea groups is 1. The van der Waals surface area contributed by atoms with Crippen LogP contribution in [-0.2, 0) is 4.79 Å². The summed E-state index contributed by atoms with van der Waals surface area (Å²) in [6.07, 6.45) is 6.30. The van der Waals surface area contributed by atoms with Crippen molar-refractivity contribution in [3.63, 3.8) is 0 Å². The molecule has 2 fully saturated rings. The van der Waals surface area contributed by atoms with Gasteiger partial charge in [0.2, 0.25) is 0 Å². The number of Topliss-reactive ketones (excluding diaryl/α,β-unsaturated/α-hetero) is 1. The topological polar surface area (TPSA) is 66.5 Å². The van der Waals surface area contributed by atoms with E-state index in [9.17, 15) is 18.8 Å². The zero-order chi connectivity index (χ0) is 17.2. The van der Waals surface area contributed by atoms with Gasteiger partial charge in [0.25, 0.3) is 5.91 Å². The Balaban J connectivity index is 1.74. The van der Waals surface area contributed by atoms with Crippen molar-refractivity contribution < 1.29 is 18.8 Å². The third kappa shape index (κ3) is 3.18. The Morgan fingerprint density at radius 1 is 1.04 bits per heavy atom. The predicted octanol–water partition coefficient (Wildman–Crippen LogP) is 3.04. The van der Waals surface area contributed by atoms with Crippen LogP contribution in [0.3, 0.4) is 0 Å². The van der Waals surface area contributed by atoms with Gasteiger partial charge in [-0.15, -0.1) is 0 Å². The van der Waals surface area contributed by atoms with Crippen LogP contribution in [0.15, 0.2) is 24.3 Å². The van der Waals surface area contributed by atoms with Gasteiger partial charge in [0.15, 0.2) is 5.78 Å². The number of amides is 3. The van der Waals surface area contributed by atoms with E-state index in [-0.39, 0.29) is 23.8 Å². The van der Waals surface area contributed by atoms with Gasteiger partial charge < -0.3 is 5.32 Å². The molecule has 5 nitrogen and oxygen atoms in total. The standard InChI is InChI=1S/C18H21FN2O3/c19-14-8-6-13(7-9-14)15(22)12-21-16(23)18(20-17(21)24)10-4-2-1-3-5-11-18/h6-9H,1-5,10-12H2,(H,20,24). The smallest absolute Gasteiger partial charge is 0.323 e. The lowest BCUT2D eigenvalue weighted by Gasteiger charge is -2.28. The van der Waals surface area contributed by atoms with Crippen molar-refractivity contribution in [2.24, 2.45) is 0 Å². The summed E-state index contributed by atoms with van der Waals surface area (Å²) in [5.74, 6) is -1.11. The molecular weight excluding hydrogens is 311 g/mol. The van der Waals surface area contributed by atoms with E-state index in [1.807, 2.05) is 0 Å². The number of nitrogens with one attached hydrogen (secondary N) is 1. The van der Waals surface area contributed by atoms with Crippen molar-refractivity contribution >= 4 is 17.7 Å². The average molecular weight is 332 g/mol. The molecule has 1 saturated heterocycles. The van der Waals surface area contributed by atoms with Crippen LogP contribution in [0, 0.1) is 5.82 Å². The second-order valence-electron chi connectivity index (χ2n) is 6.60. The fraction of sp³-hybridized carbons (Fsp3) is 0.500. The number of halogens is 1. The second-order valence-corrected chi connectivity index (χ2v) is 6.60. The largest absolute Gasteiger partial charge is 0.325 e. The van der Waals surface area contributed by atoms with E-state index in [1.54, 1.807) is 0 Å². The molecule has 1 aromatic rings. The third-order valence-corrected chi connectivity index (χ3v) is 4.92. The van der Waals surface area contributed by atoms with Crippen LogP contribution >= 0.6 is 0 Å². The summed E-state index contributed by atoms with van der Waals surface area (Å²) in [7, 11) is 0. The van der Waals surface area contributed by atoms with Gasteiger partial charge in [0.05, 0.1) is 6.54 Å². The van der Waals surface area contributed by atoms with Crippen molar-refractivity contribution in [2.75, 3.05) is 6.54 Å². The molecule has 0 radical (unpaired) electrons. The van der Waals surface area contributed by atoms with Gasteiger partial charge in [0.1, 0.15) is 11.4 Å². The Labute approximate surface area is 140 Å². The summed E-state index contributed by atoms with van der Waals surface area (Å²) in [5, 5.41) is 2.83. The predicted molar refractivity (Wildman–Crippen MR) is 86.0 cm³/mol. The number of ketones is 1. The molecule has 3 rings (SSSR count). The first-order valence-electron chi connectivity index (χ1n) is 8.45. The molecule has 24 heavy (non-hydrogen) atoms. The normalized spacial score (nSPS) is 20.6. The minimum atomic E-state index is -0.847. The zero-order valence-corrected chi connectivity index (χ0v) is 13.5. The van der Waals surface area contributed by atoms with E-state index in [0.717, 1.165) is 37.0 Å². The van der Waals surface area contributed by atoms with Gasteiger partial charge in [0, 0.05) is 5.56 Å². The van der Waals surface area contributed by atoms with Crippen molar-refractivity contribution in [2.45, 2.75) is 50.5 Å². The van der Waals surface area contributed by atoms with E-state index < -0.39 is 17.4 Å². The fourth-order valence-corrected chi connectivity index (χ4v) is 3.54. The summed E-state index contributed by atoms with van der Waals surface area (Å²) >= 11 is 0. The van der Waals surface area contributed by atoms with Crippen molar-refractivity contribution in [1.82, 2.24) is 10.2 Å².